The fraction of sp³-hybridized carbons (Fsp3) is 0. The molecule has 0 bridgehead atoms. The number of pyridine rings is 1. The standard InChI is InChI=1S/C15H8BrI2NO/c16-10-7-11(17)15(20)13(18)12(10)9-5-1-3-8-4-2-6-19-14(8)9/h1-7,20H. The Morgan fingerprint density at radius 2 is 1.85 bits per heavy atom. The van der Waals surface area contributed by atoms with Gasteiger partial charge in [-0.1, -0.05) is 40.2 Å². The fourth-order valence-corrected chi connectivity index (χ4v) is 5.54. The van der Waals surface area contributed by atoms with Crippen molar-refractivity contribution in [2.24, 2.45) is 0 Å². The molecule has 0 saturated carbocycles. The number of rotatable bonds is 1. The summed E-state index contributed by atoms with van der Waals surface area (Å²) in [5.74, 6) is 0.317. The minimum Gasteiger partial charge on any atom is -0.506 e. The molecular formula is C15H8BrI2NO. The molecule has 20 heavy (non-hydrogen) atoms. The van der Waals surface area contributed by atoms with E-state index in [1.54, 1.807) is 6.20 Å². The molecule has 3 aromatic rings. The Labute approximate surface area is 152 Å². The third-order valence-corrected chi connectivity index (χ3v) is 5.55. The molecule has 0 fully saturated rings. The quantitative estimate of drug-likeness (QED) is 0.401. The number of phenolic OH excluding ortho intramolecular Hbond substituents is 1. The zero-order valence-electron chi connectivity index (χ0n) is 10.1. The normalized spacial score (nSPS) is 10.9. The van der Waals surface area contributed by atoms with E-state index in [0.717, 1.165) is 33.6 Å². The second kappa shape index (κ2) is 5.76. The lowest BCUT2D eigenvalue weighted by atomic mass is 10.0. The predicted molar refractivity (Wildman–Crippen MR) is 102 cm³/mol. The van der Waals surface area contributed by atoms with Crippen LogP contribution in [0.15, 0.2) is 47.1 Å². The van der Waals surface area contributed by atoms with Gasteiger partial charge in [0, 0.05) is 27.2 Å². The van der Waals surface area contributed by atoms with Crippen molar-refractivity contribution in [3.05, 3.63) is 54.2 Å². The van der Waals surface area contributed by atoms with E-state index in [-0.39, 0.29) is 0 Å². The van der Waals surface area contributed by atoms with Crippen LogP contribution < -0.4 is 0 Å². The molecule has 0 amide bonds. The van der Waals surface area contributed by atoms with Gasteiger partial charge in [0.1, 0.15) is 5.75 Å². The van der Waals surface area contributed by atoms with Gasteiger partial charge >= 0.3 is 0 Å². The largest absolute Gasteiger partial charge is 0.506 e. The van der Waals surface area contributed by atoms with Crippen LogP contribution in [0.2, 0.25) is 0 Å². The number of hydrogen-bond acceptors (Lipinski definition) is 2. The first kappa shape index (κ1) is 14.5. The van der Waals surface area contributed by atoms with Crippen LogP contribution in [0.3, 0.4) is 0 Å². The second-order valence-electron chi connectivity index (χ2n) is 4.26. The summed E-state index contributed by atoms with van der Waals surface area (Å²) in [5, 5.41) is 11.3. The van der Waals surface area contributed by atoms with E-state index in [1.807, 2.05) is 36.4 Å². The lowest BCUT2D eigenvalue weighted by molar-refractivity contribution is 0.468. The summed E-state index contributed by atoms with van der Waals surface area (Å²) in [7, 11) is 0. The molecule has 100 valence electrons. The van der Waals surface area contributed by atoms with Crippen molar-refractivity contribution in [1.82, 2.24) is 4.98 Å². The Balaban J connectivity index is 2.40. The minimum atomic E-state index is 0.317. The maximum Gasteiger partial charge on any atom is 0.142 e. The van der Waals surface area contributed by atoms with Gasteiger partial charge in [0.2, 0.25) is 0 Å². The molecule has 3 rings (SSSR count). The Morgan fingerprint density at radius 3 is 2.65 bits per heavy atom. The number of benzene rings is 2. The fourth-order valence-electron chi connectivity index (χ4n) is 2.13. The van der Waals surface area contributed by atoms with Crippen molar-refractivity contribution in [1.29, 1.82) is 0 Å². The van der Waals surface area contributed by atoms with Gasteiger partial charge in [-0.05, 0) is 57.3 Å². The van der Waals surface area contributed by atoms with Crippen LogP contribution in [-0.2, 0) is 0 Å². The van der Waals surface area contributed by atoms with Gasteiger partial charge in [-0.3, -0.25) is 4.98 Å². The first-order valence-corrected chi connectivity index (χ1v) is 8.75. The molecule has 1 aromatic heterocycles. The average molecular weight is 552 g/mol. The summed E-state index contributed by atoms with van der Waals surface area (Å²) < 4.78 is 2.62. The summed E-state index contributed by atoms with van der Waals surface area (Å²) in [4.78, 5) is 4.48. The third-order valence-electron chi connectivity index (χ3n) is 3.05. The summed E-state index contributed by atoms with van der Waals surface area (Å²) in [6, 6.07) is 12.0. The highest BCUT2D eigenvalue weighted by atomic mass is 127. The zero-order chi connectivity index (χ0) is 14.3. The van der Waals surface area contributed by atoms with Crippen molar-refractivity contribution >= 4 is 72.0 Å². The van der Waals surface area contributed by atoms with E-state index < -0.39 is 0 Å². The maximum atomic E-state index is 10.2. The average Bonchev–Trinajstić information content (AvgIpc) is 2.45. The molecular weight excluding hydrogens is 544 g/mol. The molecule has 0 unspecified atom stereocenters. The maximum absolute atomic E-state index is 10.2. The predicted octanol–water partition coefficient (Wildman–Crippen LogP) is 5.58. The molecule has 1 heterocycles. The van der Waals surface area contributed by atoms with Crippen molar-refractivity contribution in [2.75, 3.05) is 0 Å². The van der Waals surface area contributed by atoms with E-state index in [4.69, 9.17) is 0 Å². The van der Waals surface area contributed by atoms with Gasteiger partial charge in [0.25, 0.3) is 0 Å². The van der Waals surface area contributed by atoms with Crippen LogP contribution in [-0.4, -0.2) is 10.1 Å². The van der Waals surface area contributed by atoms with Gasteiger partial charge in [-0.25, -0.2) is 0 Å². The van der Waals surface area contributed by atoms with Crippen LogP contribution >= 0.6 is 61.1 Å². The number of halogens is 3. The van der Waals surface area contributed by atoms with Gasteiger partial charge in [-0.2, -0.15) is 0 Å². The summed E-state index contributed by atoms with van der Waals surface area (Å²) in [6.07, 6.45) is 1.79. The monoisotopic (exact) mass is 551 g/mol. The topological polar surface area (TPSA) is 33.1 Å². The molecule has 0 aliphatic heterocycles. The molecule has 5 heteroatoms. The number of phenols is 1. The van der Waals surface area contributed by atoms with Crippen LogP contribution in [0.25, 0.3) is 22.0 Å². The number of fused-ring (bicyclic) bond motifs is 1. The lowest BCUT2D eigenvalue weighted by Crippen LogP contribution is -1.91. The Morgan fingerprint density at radius 1 is 1.10 bits per heavy atom. The summed E-state index contributed by atoms with van der Waals surface area (Å²) in [6.45, 7) is 0. The van der Waals surface area contributed by atoms with Crippen molar-refractivity contribution in [3.8, 4) is 16.9 Å². The van der Waals surface area contributed by atoms with Crippen LogP contribution in [0, 0.1) is 7.14 Å². The van der Waals surface area contributed by atoms with E-state index in [9.17, 15) is 5.11 Å². The number of nitrogens with zero attached hydrogens (tertiary/aromatic N) is 1. The number of para-hydroxylation sites is 1. The first-order valence-electron chi connectivity index (χ1n) is 5.80. The summed E-state index contributed by atoms with van der Waals surface area (Å²) >= 11 is 7.92. The van der Waals surface area contributed by atoms with E-state index in [0.29, 0.717) is 5.75 Å². The first-order chi connectivity index (χ1) is 9.59. The minimum absolute atomic E-state index is 0.317. The van der Waals surface area contributed by atoms with E-state index >= 15 is 0 Å². The Hall–Kier alpha value is -0.410. The van der Waals surface area contributed by atoms with E-state index in [2.05, 4.69) is 66.1 Å². The molecule has 0 aliphatic carbocycles. The van der Waals surface area contributed by atoms with Crippen LogP contribution in [0.1, 0.15) is 0 Å². The van der Waals surface area contributed by atoms with Gasteiger partial charge in [-0.15, -0.1) is 0 Å². The van der Waals surface area contributed by atoms with Gasteiger partial charge in [0.15, 0.2) is 0 Å². The molecule has 0 aliphatic rings. The SMILES string of the molecule is Oc1c(I)cc(Br)c(-c2cccc3cccnc23)c1I. The smallest absolute Gasteiger partial charge is 0.142 e. The molecule has 0 atom stereocenters. The molecule has 1 N–H and O–H groups in total. The van der Waals surface area contributed by atoms with Crippen LogP contribution in [0.5, 0.6) is 5.75 Å². The molecule has 2 aromatic carbocycles. The van der Waals surface area contributed by atoms with Crippen LogP contribution in [0.4, 0.5) is 0 Å². The van der Waals surface area contributed by atoms with E-state index in [1.165, 1.54) is 0 Å². The third kappa shape index (κ3) is 2.43. The Kier molecular flexibility index (Phi) is 4.19. The Bertz CT molecular complexity index is 815. The number of hydrogen-bond donors (Lipinski definition) is 1. The van der Waals surface area contributed by atoms with Gasteiger partial charge in [0.05, 0.1) is 12.7 Å². The van der Waals surface area contributed by atoms with Crippen molar-refractivity contribution in [3.63, 3.8) is 0 Å². The van der Waals surface area contributed by atoms with Crippen molar-refractivity contribution < 1.29 is 5.11 Å². The zero-order valence-corrected chi connectivity index (χ0v) is 16.0. The second-order valence-corrected chi connectivity index (χ2v) is 7.35. The van der Waals surface area contributed by atoms with Gasteiger partial charge < -0.3 is 5.11 Å². The number of aromatic nitrogens is 1. The molecule has 0 radical (unpaired) electrons. The molecule has 0 saturated heterocycles. The molecule has 2 nitrogen and oxygen atoms in total. The molecule has 0 spiro atoms. The summed E-state index contributed by atoms with van der Waals surface area (Å²) in [5.41, 5.74) is 2.94. The lowest BCUT2D eigenvalue weighted by Gasteiger charge is -2.12. The highest BCUT2D eigenvalue weighted by molar-refractivity contribution is 14.1. The number of aromatic hydroxyl groups is 1. The van der Waals surface area contributed by atoms with Crippen molar-refractivity contribution in [2.45, 2.75) is 0 Å². The highest BCUT2D eigenvalue weighted by Gasteiger charge is 2.17. The highest BCUT2D eigenvalue weighted by Crippen LogP contribution is 2.42.